The van der Waals surface area contributed by atoms with E-state index in [2.05, 4.69) is 23.0 Å². The van der Waals surface area contributed by atoms with E-state index in [4.69, 9.17) is 0 Å². The first-order valence-electron chi connectivity index (χ1n) is 2.98. The van der Waals surface area contributed by atoms with E-state index in [0.717, 1.165) is 12.0 Å². The molecule has 0 bridgehead atoms. The van der Waals surface area contributed by atoms with Crippen molar-refractivity contribution < 1.29 is 4.79 Å². The Bertz CT molecular complexity index is 137. The Morgan fingerprint density at radius 1 is 1.33 bits per heavy atom. The third-order valence-electron chi connectivity index (χ3n) is 1.17. The van der Waals surface area contributed by atoms with Gasteiger partial charge in [-0.3, -0.25) is 0 Å². The maximum Gasteiger partial charge on any atom is 0.120 e. The Labute approximate surface area is 57.8 Å². The number of carbonyl (C=O) groups is 1. The predicted octanol–water partition coefficient (Wildman–Crippen LogP) is 1.62. The maximum atomic E-state index is 9.92. The summed E-state index contributed by atoms with van der Waals surface area (Å²) in [6.07, 6.45) is 5.80. The minimum atomic E-state index is -0.0434. The van der Waals surface area contributed by atoms with E-state index >= 15 is 0 Å². The molecule has 1 aliphatic heterocycles. The molecule has 1 nitrogen and oxygen atoms in total. The van der Waals surface area contributed by atoms with Crippen LogP contribution in [-0.2, 0) is 4.79 Å². The van der Waals surface area contributed by atoms with Gasteiger partial charge in [0.25, 0.3) is 0 Å². The van der Waals surface area contributed by atoms with Gasteiger partial charge in [0.05, 0.1) is 0 Å². The summed E-state index contributed by atoms with van der Waals surface area (Å²) in [6.45, 7) is 0. The normalized spacial score (nSPS) is 18.9. The quantitative estimate of drug-likeness (QED) is 0.468. The molecule has 0 radical (unpaired) electrons. The zero-order chi connectivity index (χ0) is 6.53. The second-order valence-corrected chi connectivity index (χ2v) is 3.95. The number of allylic oxidation sites excluding steroid dienone is 2. The molecule has 0 saturated carbocycles. The van der Waals surface area contributed by atoms with Crippen molar-refractivity contribution >= 4 is 17.2 Å². The van der Waals surface area contributed by atoms with Crippen LogP contribution in [0.25, 0.3) is 0 Å². The Kier molecular flexibility index (Phi) is 2.58. The summed E-state index contributed by atoms with van der Waals surface area (Å²) in [6, 6.07) is 0. The lowest BCUT2D eigenvalue weighted by Crippen LogP contribution is -1.81. The average Bonchev–Trinajstić information content (AvgIpc) is 2.34. The van der Waals surface area contributed by atoms with Gasteiger partial charge in [0.2, 0.25) is 0 Å². The lowest BCUT2D eigenvalue weighted by atomic mass is 10.6. The summed E-state index contributed by atoms with van der Waals surface area (Å²) in [5.41, 5.74) is 0. The van der Waals surface area contributed by atoms with Gasteiger partial charge in [-0.2, -0.15) is 0 Å². The first-order chi connectivity index (χ1) is 4.43. The van der Waals surface area contributed by atoms with Crippen molar-refractivity contribution in [2.45, 2.75) is 6.42 Å². The van der Waals surface area contributed by atoms with Crippen molar-refractivity contribution in [2.24, 2.45) is 0 Å². The number of aldehydes is 1. The van der Waals surface area contributed by atoms with Crippen molar-refractivity contribution in [3.8, 4) is 0 Å². The Morgan fingerprint density at radius 2 is 2.00 bits per heavy atom. The van der Waals surface area contributed by atoms with E-state index in [9.17, 15) is 4.79 Å². The van der Waals surface area contributed by atoms with Gasteiger partial charge in [0, 0.05) is 6.42 Å². The van der Waals surface area contributed by atoms with Crippen molar-refractivity contribution in [1.29, 1.82) is 0 Å². The zero-order valence-corrected chi connectivity index (χ0v) is 6.05. The molecule has 0 unspecified atom stereocenters. The summed E-state index contributed by atoms with van der Waals surface area (Å²) in [4.78, 5) is 9.92. The van der Waals surface area contributed by atoms with Crippen LogP contribution in [-0.4, -0.2) is 12.0 Å². The van der Waals surface area contributed by atoms with Crippen molar-refractivity contribution in [2.75, 3.05) is 5.75 Å². The van der Waals surface area contributed by atoms with Crippen LogP contribution in [0, 0.1) is 0 Å². The third kappa shape index (κ3) is 2.06. The van der Waals surface area contributed by atoms with Crippen molar-refractivity contribution in [1.82, 2.24) is 0 Å². The Hall–Kier alpha value is -0.500. The Morgan fingerprint density at radius 3 is 2.56 bits per heavy atom. The lowest BCUT2D eigenvalue weighted by Gasteiger charge is -2.04. The second-order valence-electron chi connectivity index (χ2n) is 1.88. The SMILES string of the molecule is O=CCC[SH]1C=CC=C1. The predicted molar refractivity (Wildman–Crippen MR) is 42.8 cm³/mol. The van der Waals surface area contributed by atoms with E-state index in [1.54, 1.807) is 0 Å². The van der Waals surface area contributed by atoms with Crippen molar-refractivity contribution in [3.05, 3.63) is 23.0 Å². The molecule has 0 aliphatic carbocycles. The number of hydrogen-bond donors (Lipinski definition) is 1. The summed E-state index contributed by atoms with van der Waals surface area (Å²) < 4.78 is 0. The molecule has 50 valence electrons. The van der Waals surface area contributed by atoms with Crippen LogP contribution < -0.4 is 0 Å². The molecule has 0 saturated heterocycles. The molecule has 0 aromatic heterocycles. The molecule has 1 aliphatic rings. The number of carbonyl (C=O) groups excluding carboxylic acids is 1. The number of rotatable bonds is 3. The highest BCUT2D eigenvalue weighted by Gasteiger charge is 1.96. The monoisotopic (exact) mass is 142 g/mol. The molecule has 0 N–H and O–H groups in total. The summed E-state index contributed by atoms with van der Waals surface area (Å²) in [5.74, 6) is 1.03. The van der Waals surface area contributed by atoms with Gasteiger partial charge in [0.15, 0.2) is 0 Å². The molecule has 0 amide bonds. The molecule has 0 fully saturated rings. The standard InChI is InChI=1S/C7H10OS/c8-4-3-7-9-5-1-2-6-9/h1-2,4-6,9H,3,7H2. The van der Waals surface area contributed by atoms with E-state index < -0.39 is 0 Å². The molecule has 2 heteroatoms. The van der Waals surface area contributed by atoms with Gasteiger partial charge >= 0.3 is 0 Å². The van der Waals surface area contributed by atoms with Crippen molar-refractivity contribution in [3.63, 3.8) is 0 Å². The van der Waals surface area contributed by atoms with Gasteiger partial charge in [-0.1, -0.05) is 12.2 Å². The van der Waals surface area contributed by atoms with Crippen LogP contribution in [0.15, 0.2) is 23.0 Å². The Balaban J connectivity index is 2.20. The molecule has 9 heavy (non-hydrogen) atoms. The molecule has 0 aromatic carbocycles. The van der Waals surface area contributed by atoms with E-state index in [1.807, 2.05) is 0 Å². The van der Waals surface area contributed by atoms with Gasteiger partial charge in [0.1, 0.15) is 6.29 Å². The lowest BCUT2D eigenvalue weighted by molar-refractivity contribution is -0.107. The van der Waals surface area contributed by atoms with Crippen LogP contribution in [0.4, 0.5) is 0 Å². The van der Waals surface area contributed by atoms with Gasteiger partial charge in [-0.05, 0) is 16.6 Å². The van der Waals surface area contributed by atoms with E-state index in [-0.39, 0.29) is 10.9 Å². The fraction of sp³-hybridized carbons (Fsp3) is 0.286. The molecular weight excluding hydrogens is 132 g/mol. The minimum Gasteiger partial charge on any atom is -0.303 e. The highest BCUT2D eigenvalue weighted by atomic mass is 32.2. The third-order valence-corrected chi connectivity index (χ3v) is 3.06. The largest absolute Gasteiger partial charge is 0.303 e. The van der Waals surface area contributed by atoms with Crippen LogP contribution in [0.3, 0.4) is 0 Å². The highest BCUT2D eigenvalue weighted by Crippen LogP contribution is 2.32. The van der Waals surface area contributed by atoms with Gasteiger partial charge in [-0.15, -0.1) is 0 Å². The first kappa shape index (κ1) is 6.62. The second kappa shape index (κ2) is 3.51. The summed E-state index contributed by atoms with van der Waals surface area (Å²) in [7, 11) is -0.0434. The fourth-order valence-corrected chi connectivity index (χ4v) is 2.16. The molecule has 1 heterocycles. The van der Waals surface area contributed by atoms with Crippen LogP contribution in [0.2, 0.25) is 0 Å². The molecule has 0 atom stereocenters. The topological polar surface area (TPSA) is 17.1 Å². The first-order valence-corrected chi connectivity index (χ1v) is 4.64. The van der Waals surface area contributed by atoms with Gasteiger partial charge in [-0.25, -0.2) is 10.9 Å². The molecular formula is C7H10OS. The summed E-state index contributed by atoms with van der Waals surface area (Å²) in [5, 5.41) is 4.36. The van der Waals surface area contributed by atoms with Gasteiger partial charge < -0.3 is 4.79 Å². The highest BCUT2D eigenvalue weighted by molar-refractivity contribution is 8.22. The fourth-order valence-electron chi connectivity index (χ4n) is 0.721. The van der Waals surface area contributed by atoms with E-state index in [1.165, 1.54) is 0 Å². The molecule has 0 spiro atoms. The molecule has 1 rings (SSSR count). The smallest absolute Gasteiger partial charge is 0.120 e. The average molecular weight is 142 g/mol. The minimum absolute atomic E-state index is 0.0434. The molecule has 0 aromatic rings. The number of thiol groups is 1. The number of hydrogen-bond acceptors (Lipinski definition) is 1. The van der Waals surface area contributed by atoms with Crippen LogP contribution >= 0.6 is 10.9 Å². The maximum absolute atomic E-state index is 9.92. The summed E-state index contributed by atoms with van der Waals surface area (Å²) >= 11 is 0. The van der Waals surface area contributed by atoms with Crippen LogP contribution in [0.1, 0.15) is 6.42 Å². The zero-order valence-electron chi connectivity index (χ0n) is 5.16. The van der Waals surface area contributed by atoms with Crippen LogP contribution in [0.5, 0.6) is 0 Å². The van der Waals surface area contributed by atoms with E-state index in [0.29, 0.717) is 6.42 Å².